The van der Waals surface area contributed by atoms with E-state index < -0.39 is 0 Å². The van der Waals surface area contributed by atoms with E-state index in [1.807, 2.05) is 12.1 Å². The van der Waals surface area contributed by atoms with E-state index in [-0.39, 0.29) is 10.6 Å². The van der Waals surface area contributed by atoms with Crippen molar-refractivity contribution in [2.45, 2.75) is 32.9 Å². The van der Waals surface area contributed by atoms with Crippen LogP contribution in [0.3, 0.4) is 0 Å². The van der Waals surface area contributed by atoms with E-state index in [2.05, 4.69) is 24.1 Å². The number of hydrogen-bond acceptors (Lipinski definition) is 4. The fourth-order valence-corrected chi connectivity index (χ4v) is 2.58. The molecular weight excluding hydrogens is 230 g/mol. The van der Waals surface area contributed by atoms with Crippen molar-refractivity contribution < 1.29 is 4.92 Å². The van der Waals surface area contributed by atoms with Crippen LogP contribution in [0.15, 0.2) is 18.2 Å². The van der Waals surface area contributed by atoms with Gasteiger partial charge in [-0.05, 0) is 32.9 Å². The molecule has 18 heavy (non-hydrogen) atoms. The van der Waals surface area contributed by atoms with Gasteiger partial charge in [0.15, 0.2) is 0 Å². The molecule has 0 aliphatic carbocycles. The van der Waals surface area contributed by atoms with E-state index in [4.69, 9.17) is 0 Å². The van der Waals surface area contributed by atoms with E-state index in [1.54, 1.807) is 13.0 Å². The van der Waals surface area contributed by atoms with Crippen LogP contribution in [0.5, 0.6) is 0 Å². The van der Waals surface area contributed by atoms with Gasteiger partial charge in [-0.3, -0.25) is 10.1 Å². The highest BCUT2D eigenvalue weighted by molar-refractivity contribution is 5.55. The van der Waals surface area contributed by atoms with Crippen LogP contribution in [0.1, 0.15) is 19.4 Å². The Balaban J connectivity index is 2.23. The lowest BCUT2D eigenvalue weighted by molar-refractivity contribution is -0.385. The minimum absolute atomic E-state index is 0.190. The fourth-order valence-electron chi connectivity index (χ4n) is 2.58. The minimum atomic E-state index is -0.331. The molecule has 0 amide bonds. The molecule has 1 saturated heterocycles. The SMILES string of the molecule is Cc1cc(N2CC(C)NC(C)C2)ccc1[N+](=O)[O-]. The van der Waals surface area contributed by atoms with Gasteiger partial charge < -0.3 is 10.2 Å². The molecule has 0 aromatic heterocycles. The predicted octanol–water partition coefficient (Wildman–Crippen LogP) is 2.09. The maximum absolute atomic E-state index is 10.8. The summed E-state index contributed by atoms with van der Waals surface area (Å²) in [5.74, 6) is 0. The number of nitro benzene ring substituents is 1. The molecule has 2 unspecified atom stereocenters. The third-order valence-electron chi connectivity index (χ3n) is 3.30. The van der Waals surface area contributed by atoms with Crippen molar-refractivity contribution in [3.05, 3.63) is 33.9 Å². The molecule has 5 nitrogen and oxygen atoms in total. The van der Waals surface area contributed by atoms with Gasteiger partial charge in [0, 0.05) is 42.5 Å². The second-order valence-corrected chi connectivity index (χ2v) is 5.10. The lowest BCUT2D eigenvalue weighted by Gasteiger charge is -2.37. The first-order valence-corrected chi connectivity index (χ1v) is 6.23. The van der Waals surface area contributed by atoms with Crippen molar-refractivity contribution in [1.82, 2.24) is 5.32 Å². The summed E-state index contributed by atoms with van der Waals surface area (Å²) < 4.78 is 0. The van der Waals surface area contributed by atoms with Crippen LogP contribution in [-0.2, 0) is 0 Å². The van der Waals surface area contributed by atoms with Crippen molar-refractivity contribution in [1.29, 1.82) is 0 Å². The Bertz CT molecular complexity index is 452. The summed E-state index contributed by atoms with van der Waals surface area (Å²) in [7, 11) is 0. The zero-order valence-corrected chi connectivity index (χ0v) is 11.0. The van der Waals surface area contributed by atoms with Gasteiger partial charge in [0.05, 0.1) is 4.92 Å². The summed E-state index contributed by atoms with van der Waals surface area (Å²) in [5.41, 5.74) is 1.98. The molecule has 1 N–H and O–H groups in total. The molecule has 5 heteroatoms. The lowest BCUT2D eigenvalue weighted by Crippen LogP contribution is -2.54. The Hall–Kier alpha value is -1.62. The molecule has 0 bridgehead atoms. The van der Waals surface area contributed by atoms with Gasteiger partial charge in [-0.15, -0.1) is 0 Å². The smallest absolute Gasteiger partial charge is 0.272 e. The van der Waals surface area contributed by atoms with Crippen LogP contribution < -0.4 is 10.2 Å². The zero-order valence-electron chi connectivity index (χ0n) is 11.0. The molecule has 0 radical (unpaired) electrons. The zero-order chi connectivity index (χ0) is 13.3. The monoisotopic (exact) mass is 249 g/mol. The Kier molecular flexibility index (Phi) is 3.52. The number of rotatable bonds is 2. The Morgan fingerprint density at radius 1 is 1.33 bits per heavy atom. The third-order valence-corrected chi connectivity index (χ3v) is 3.30. The summed E-state index contributed by atoms with van der Waals surface area (Å²) in [5, 5.41) is 14.3. The van der Waals surface area contributed by atoms with Crippen molar-refractivity contribution in [2.24, 2.45) is 0 Å². The molecule has 1 aliphatic rings. The van der Waals surface area contributed by atoms with Crippen LogP contribution in [0, 0.1) is 17.0 Å². The van der Waals surface area contributed by atoms with Gasteiger partial charge >= 0.3 is 0 Å². The first-order chi connectivity index (χ1) is 8.47. The number of nitrogens with zero attached hydrogens (tertiary/aromatic N) is 2. The standard InChI is InChI=1S/C13H19N3O2/c1-9-6-12(4-5-13(9)16(17)18)15-7-10(2)14-11(3)8-15/h4-6,10-11,14H,7-8H2,1-3H3. The molecule has 1 aromatic rings. The first kappa shape index (κ1) is 12.8. The van der Waals surface area contributed by atoms with Crippen molar-refractivity contribution >= 4 is 11.4 Å². The maximum atomic E-state index is 10.8. The Morgan fingerprint density at radius 2 is 1.94 bits per heavy atom. The first-order valence-electron chi connectivity index (χ1n) is 6.23. The van der Waals surface area contributed by atoms with Gasteiger partial charge in [-0.1, -0.05) is 0 Å². The predicted molar refractivity (Wildman–Crippen MR) is 72.1 cm³/mol. The molecule has 2 atom stereocenters. The van der Waals surface area contributed by atoms with Gasteiger partial charge in [0.2, 0.25) is 0 Å². The number of benzene rings is 1. The fraction of sp³-hybridized carbons (Fsp3) is 0.538. The Labute approximate surface area is 107 Å². The van der Waals surface area contributed by atoms with Gasteiger partial charge in [-0.25, -0.2) is 0 Å². The topological polar surface area (TPSA) is 58.4 Å². The number of anilines is 1. The van der Waals surface area contributed by atoms with E-state index in [0.29, 0.717) is 12.1 Å². The van der Waals surface area contributed by atoms with Crippen LogP contribution in [0.2, 0.25) is 0 Å². The van der Waals surface area contributed by atoms with Gasteiger partial charge in [0.25, 0.3) is 5.69 Å². The summed E-state index contributed by atoms with van der Waals surface area (Å²) >= 11 is 0. The van der Waals surface area contributed by atoms with Gasteiger partial charge in [0.1, 0.15) is 0 Å². The number of aryl methyl sites for hydroxylation is 1. The molecule has 1 fully saturated rings. The van der Waals surface area contributed by atoms with Gasteiger partial charge in [-0.2, -0.15) is 0 Å². The van der Waals surface area contributed by atoms with Crippen LogP contribution in [-0.4, -0.2) is 30.1 Å². The highest BCUT2D eigenvalue weighted by Crippen LogP contribution is 2.25. The third kappa shape index (κ3) is 2.61. The molecule has 1 aliphatic heterocycles. The van der Waals surface area contributed by atoms with Crippen LogP contribution >= 0.6 is 0 Å². The summed E-state index contributed by atoms with van der Waals surface area (Å²) in [6.07, 6.45) is 0. The molecular formula is C13H19N3O2. The summed E-state index contributed by atoms with van der Waals surface area (Å²) in [6.45, 7) is 7.96. The average Bonchev–Trinajstić information content (AvgIpc) is 2.26. The van der Waals surface area contributed by atoms with Crippen molar-refractivity contribution in [2.75, 3.05) is 18.0 Å². The van der Waals surface area contributed by atoms with E-state index in [1.165, 1.54) is 0 Å². The lowest BCUT2D eigenvalue weighted by atomic mass is 10.1. The van der Waals surface area contributed by atoms with Crippen molar-refractivity contribution in [3.8, 4) is 0 Å². The van der Waals surface area contributed by atoms with E-state index >= 15 is 0 Å². The summed E-state index contributed by atoms with van der Waals surface area (Å²) in [4.78, 5) is 12.7. The number of hydrogen-bond donors (Lipinski definition) is 1. The van der Waals surface area contributed by atoms with E-state index in [0.717, 1.165) is 24.3 Å². The number of piperazine rings is 1. The number of nitrogens with one attached hydrogen (secondary N) is 1. The summed E-state index contributed by atoms with van der Waals surface area (Å²) in [6, 6.07) is 6.22. The largest absolute Gasteiger partial charge is 0.368 e. The highest BCUT2D eigenvalue weighted by atomic mass is 16.6. The molecule has 2 rings (SSSR count). The molecule has 1 aromatic carbocycles. The molecule has 0 spiro atoms. The van der Waals surface area contributed by atoms with Crippen LogP contribution in [0.4, 0.5) is 11.4 Å². The normalized spacial score (nSPS) is 24.1. The Morgan fingerprint density at radius 3 is 2.44 bits per heavy atom. The highest BCUT2D eigenvalue weighted by Gasteiger charge is 2.22. The molecule has 1 heterocycles. The van der Waals surface area contributed by atoms with Crippen LogP contribution in [0.25, 0.3) is 0 Å². The number of nitro groups is 1. The van der Waals surface area contributed by atoms with Crippen molar-refractivity contribution in [3.63, 3.8) is 0 Å². The maximum Gasteiger partial charge on any atom is 0.272 e. The minimum Gasteiger partial charge on any atom is -0.368 e. The van der Waals surface area contributed by atoms with E-state index in [9.17, 15) is 10.1 Å². The second-order valence-electron chi connectivity index (χ2n) is 5.10. The molecule has 98 valence electrons. The average molecular weight is 249 g/mol. The second kappa shape index (κ2) is 4.94. The quantitative estimate of drug-likeness (QED) is 0.644. The molecule has 0 saturated carbocycles.